The van der Waals surface area contributed by atoms with Crippen LogP contribution in [0.3, 0.4) is 0 Å². The maximum atomic E-state index is 12.5. The van der Waals surface area contributed by atoms with Gasteiger partial charge in [0, 0.05) is 13.1 Å². The molecule has 2 aliphatic rings. The monoisotopic (exact) mass is 337 g/mol. The molecule has 1 saturated heterocycles. The Morgan fingerprint density at radius 2 is 1.91 bits per heavy atom. The summed E-state index contributed by atoms with van der Waals surface area (Å²) >= 11 is 0. The Morgan fingerprint density at radius 3 is 2.43 bits per heavy atom. The average molecular weight is 337 g/mol. The minimum absolute atomic E-state index is 0.0928. The molecule has 1 aromatic rings. The zero-order valence-electron chi connectivity index (χ0n) is 13.4. The fourth-order valence-electron chi connectivity index (χ4n) is 3.63. The summed E-state index contributed by atoms with van der Waals surface area (Å²) in [6, 6.07) is 8.27. The van der Waals surface area contributed by atoms with Gasteiger partial charge in [-0.2, -0.15) is 0 Å². The second-order valence-electron chi connectivity index (χ2n) is 7.10. The van der Waals surface area contributed by atoms with E-state index in [0.717, 1.165) is 12.8 Å². The lowest BCUT2D eigenvalue weighted by molar-refractivity contribution is -0.146. The van der Waals surface area contributed by atoms with Gasteiger partial charge < -0.3 is 5.11 Å². The minimum atomic E-state index is -3.37. The standard InChI is InChI=1S/C17H23NO4S/c1-17(16(19)20)7-8-18(12-17)23(21,22)9-6-13-10-14-4-2-3-5-15(14)11-13/h2-5,13H,6-12H2,1H3,(H,19,20). The Hall–Kier alpha value is -1.40. The number of aliphatic carboxylic acids is 1. The summed E-state index contributed by atoms with van der Waals surface area (Å²) in [6.45, 7) is 2.03. The molecular weight excluding hydrogens is 314 g/mol. The number of carboxylic acid groups (broad SMARTS) is 1. The lowest BCUT2D eigenvalue weighted by Gasteiger charge is -2.20. The Bertz CT molecular complexity index is 690. The number of benzene rings is 1. The van der Waals surface area contributed by atoms with E-state index in [4.69, 9.17) is 0 Å². The van der Waals surface area contributed by atoms with Crippen molar-refractivity contribution in [3.8, 4) is 0 Å². The topological polar surface area (TPSA) is 74.7 Å². The van der Waals surface area contributed by atoms with E-state index in [9.17, 15) is 18.3 Å². The number of carboxylic acids is 1. The van der Waals surface area contributed by atoms with Crippen LogP contribution in [0.2, 0.25) is 0 Å². The number of hydrogen-bond acceptors (Lipinski definition) is 3. The zero-order chi connectivity index (χ0) is 16.7. The van der Waals surface area contributed by atoms with Crippen molar-refractivity contribution in [2.24, 2.45) is 11.3 Å². The molecule has 1 aliphatic heterocycles. The third kappa shape index (κ3) is 3.28. The van der Waals surface area contributed by atoms with E-state index in [1.807, 2.05) is 12.1 Å². The summed E-state index contributed by atoms with van der Waals surface area (Å²) in [4.78, 5) is 11.3. The number of rotatable bonds is 5. The lowest BCUT2D eigenvalue weighted by atomic mass is 9.90. The van der Waals surface area contributed by atoms with Crippen molar-refractivity contribution in [2.45, 2.75) is 32.6 Å². The minimum Gasteiger partial charge on any atom is -0.481 e. The second kappa shape index (κ2) is 5.91. The smallest absolute Gasteiger partial charge is 0.310 e. The summed E-state index contributed by atoms with van der Waals surface area (Å²) in [5, 5.41) is 9.24. The summed E-state index contributed by atoms with van der Waals surface area (Å²) in [7, 11) is -3.37. The Kier molecular flexibility index (Phi) is 4.23. The van der Waals surface area contributed by atoms with Gasteiger partial charge in [-0.3, -0.25) is 4.79 Å². The van der Waals surface area contributed by atoms with E-state index in [0.29, 0.717) is 25.3 Å². The molecule has 0 saturated carbocycles. The van der Waals surface area contributed by atoms with E-state index in [-0.39, 0.29) is 12.3 Å². The van der Waals surface area contributed by atoms with Crippen molar-refractivity contribution < 1.29 is 18.3 Å². The van der Waals surface area contributed by atoms with Crippen LogP contribution in [0.1, 0.15) is 30.9 Å². The first-order chi connectivity index (χ1) is 10.8. The number of hydrogen-bond donors (Lipinski definition) is 1. The van der Waals surface area contributed by atoms with Crippen LogP contribution >= 0.6 is 0 Å². The first-order valence-electron chi connectivity index (χ1n) is 8.08. The molecule has 23 heavy (non-hydrogen) atoms. The highest BCUT2D eigenvalue weighted by atomic mass is 32.2. The van der Waals surface area contributed by atoms with Crippen molar-refractivity contribution in [2.75, 3.05) is 18.8 Å². The molecule has 1 N–H and O–H groups in total. The van der Waals surface area contributed by atoms with Crippen molar-refractivity contribution in [3.05, 3.63) is 35.4 Å². The maximum Gasteiger partial charge on any atom is 0.310 e. The molecule has 126 valence electrons. The van der Waals surface area contributed by atoms with E-state index < -0.39 is 21.4 Å². The van der Waals surface area contributed by atoms with E-state index in [1.165, 1.54) is 15.4 Å². The number of sulfonamides is 1. The molecule has 5 nitrogen and oxygen atoms in total. The van der Waals surface area contributed by atoms with Gasteiger partial charge >= 0.3 is 5.97 Å². The molecule has 0 radical (unpaired) electrons. The molecule has 0 bridgehead atoms. The van der Waals surface area contributed by atoms with Gasteiger partial charge in [-0.15, -0.1) is 0 Å². The molecule has 1 fully saturated rings. The number of carbonyl (C=O) groups is 1. The zero-order valence-corrected chi connectivity index (χ0v) is 14.2. The fourth-order valence-corrected chi connectivity index (χ4v) is 5.37. The van der Waals surface area contributed by atoms with Crippen LogP contribution < -0.4 is 0 Å². The molecule has 0 amide bonds. The third-order valence-corrected chi connectivity index (χ3v) is 7.12. The predicted molar refractivity (Wildman–Crippen MR) is 87.7 cm³/mol. The molecule has 1 atom stereocenters. The molecule has 1 aromatic carbocycles. The molecule has 0 aromatic heterocycles. The highest BCUT2D eigenvalue weighted by Gasteiger charge is 2.44. The van der Waals surface area contributed by atoms with Gasteiger partial charge in [0.25, 0.3) is 0 Å². The lowest BCUT2D eigenvalue weighted by Crippen LogP contribution is -2.36. The Morgan fingerprint density at radius 1 is 1.30 bits per heavy atom. The third-order valence-electron chi connectivity index (χ3n) is 5.27. The van der Waals surface area contributed by atoms with E-state index >= 15 is 0 Å². The summed E-state index contributed by atoms with van der Waals surface area (Å²) in [5.74, 6) is -0.432. The van der Waals surface area contributed by atoms with Crippen LogP contribution in [0.15, 0.2) is 24.3 Å². The molecule has 1 unspecified atom stereocenters. The van der Waals surface area contributed by atoms with E-state index in [1.54, 1.807) is 6.92 Å². The summed E-state index contributed by atoms with van der Waals surface area (Å²) < 4.78 is 26.4. The summed E-state index contributed by atoms with van der Waals surface area (Å²) in [5.41, 5.74) is 1.71. The summed E-state index contributed by atoms with van der Waals surface area (Å²) in [6.07, 6.45) is 2.91. The highest BCUT2D eigenvalue weighted by molar-refractivity contribution is 7.89. The van der Waals surface area contributed by atoms with Gasteiger partial charge in [0.1, 0.15) is 0 Å². The van der Waals surface area contributed by atoms with E-state index in [2.05, 4.69) is 12.1 Å². The molecular formula is C17H23NO4S. The fraction of sp³-hybridized carbons (Fsp3) is 0.588. The van der Waals surface area contributed by atoms with Crippen molar-refractivity contribution in [1.82, 2.24) is 4.31 Å². The van der Waals surface area contributed by atoms with Gasteiger partial charge in [-0.05, 0) is 49.7 Å². The number of fused-ring (bicyclic) bond motifs is 1. The largest absolute Gasteiger partial charge is 0.481 e. The first-order valence-corrected chi connectivity index (χ1v) is 9.69. The maximum absolute atomic E-state index is 12.5. The van der Waals surface area contributed by atoms with Gasteiger partial charge in [-0.1, -0.05) is 24.3 Å². The highest BCUT2D eigenvalue weighted by Crippen LogP contribution is 2.33. The molecule has 3 rings (SSSR count). The predicted octanol–water partition coefficient (Wildman–Crippen LogP) is 1.92. The Labute approximate surface area is 137 Å². The average Bonchev–Trinajstić information content (AvgIpc) is 3.09. The van der Waals surface area contributed by atoms with Gasteiger partial charge in [0.05, 0.1) is 11.2 Å². The van der Waals surface area contributed by atoms with Crippen LogP contribution in [0.4, 0.5) is 0 Å². The van der Waals surface area contributed by atoms with Crippen LogP contribution in [-0.4, -0.2) is 42.6 Å². The normalized spacial score (nSPS) is 25.6. The van der Waals surface area contributed by atoms with Crippen molar-refractivity contribution in [1.29, 1.82) is 0 Å². The molecule has 0 spiro atoms. The van der Waals surface area contributed by atoms with Gasteiger partial charge in [0.2, 0.25) is 10.0 Å². The molecule has 1 heterocycles. The van der Waals surface area contributed by atoms with Crippen LogP contribution in [0.5, 0.6) is 0 Å². The quantitative estimate of drug-likeness (QED) is 0.891. The number of nitrogens with zero attached hydrogens (tertiary/aromatic N) is 1. The van der Waals surface area contributed by atoms with Crippen molar-refractivity contribution in [3.63, 3.8) is 0 Å². The van der Waals surface area contributed by atoms with Crippen molar-refractivity contribution >= 4 is 16.0 Å². The first kappa shape index (κ1) is 16.5. The van der Waals surface area contributed by atoms with Gasteiger partial charge in [0.15, 0.2) is 0 Å². The molecule has 1 aliphatic carbocycles. The SMILES string of the molecule is CC1(C(=O)O)CCN(S(=O)(=O)CCC2Cc3ccccc3C2)C1. The molecule has 6 heteroatoms. The Balaban J connectivity index is 1.58. The van der Waals surface area contributed by atoms with Crippen LogP contribution in [0.25, 0.3) is 0 Å². The van der Waals surface area contributed by atoms with Gasteiger partial charge in [-0.25, -0.2) is 12.7 Å². The second-order valence-corrected chi connectivity index (χ2v) is 9.19. The van der Waals surface area contributed by atoms with Crippen LogP contribution in [-0.2, 0) is 27.7 Å². The van der Waals surface area contributed by atoms with Crippen LogP contribution in [0, 0.1) is 11.3 Å².